The molecule has 5 nitrogen and oxygen atoms in total. The van der Waals surface area contributed by atoms with Gasteiger partial charge in [0.2, 0.25) is 10.0 Å². The SMILES string of the molecule is Nc1ccc(S(=O)(=O)NC(C2CC2)C2CC2)cn1. The van der Waals surface area contributed by atoms with E-state index < -0.39 is 10.0 Å². The summed E-state index contributed by atoms with van der Waals surface area (Å²) in [4.78, 5) is 4.03. The van der Waals surface area contributed by atoms with Crippen LogP contribution in [0.1, 0.15) is 25.7 Å². The molecule has 1 aromatic heterocycles. The molecule has 6 heteroatoms. The van der Waals surface area contributed by atoms with Crippen LogP contribution in [0, 0.1) is 11.8 Å². The molecule has 2 saturated carbocycles. The van der Waals surface area contributed by atoms with Gasteiger partial charge in [0.05, 0.1) is 0 Å². The van der Waals surface area contributed by atoms with Crippen molar-refractivity contribution in [2.45, 2.75) is 36.6 Å². The molecule has 0 aromatic carbocycles. The summed E-state index contributed by atoms with van der Waals surface area (Å²) in [5, 5.41) is 0. The van der Waals surface area contributed by atoms with E-state index in [2.05, 4.69) is 9.71 Å². The molecule has 3 N–H and O–H groups in total. The van der Waals surface area contributed by atoms with E-state index in [4.69, 9.17) is 5.73 Å². The topological polar surface area (TPSA) is 85.1 Å². The molecule has 2 fully saturated rings. The second-order valence-electron chi connectivity index (χ2n) is 5.24. The molecule has 0 aliphatic heterocycles. The first kappa shape index (κ1) is 11.9. The maximum absolute atomic E-state index is 12.2. The third-order valence-corrected chi connectivity index (χ3v) is 5.07. The largest absolute Gasteiger partial charge is 0.384 e. The van der Waals surface area contributed by atoms with Crippen LogP contribution in [-0.4, -0.2) is 19.4 Å². The van der Waals surface area contributed by atoms with Gasteiger partial charge in [-0.15, -0.1) is 0 Å². The second kappa shape index (κ2) is 4.20. The summed E-state index contributed by atoms with van der Waals surface area (Å²) in [7, 11) is -3.45. The molecular weight excluding hydrogens is 250 g/mol. The van der Waals surface area contributed by atoms with Gasteiger partial charge in [-0.2, -0.15) is 0 Å². The Labute approximate surface area is 107 Å². The van der Waals surface area contributed by atoms with Crippen molar-refractivity contribution in [1.29, 1.82) is 0 Å². The zero-order valence-corrected chi connectivity index (χ0v) is 10.9. The zero-order chi connectivity index (χ0) is 12.8. The van der Waals surface area contributed by atoms with Gasteiger partial charge in [-0.25, -0.2) is 18.1 Å². The van der Waals surface area contributed by atoms with Crippen molar-refractivity contribution in [3.05, 3.63) is 18.3 Å². The molecule has 0 atom stereocenters. The highest BCUT2D eigenvalue weighted by Gasteiger charge is 2.43. The molecule has 0 radical (unpaired) electrons. The Kier molecular flexibility index (Phi) is 2.79. The van der Waals surface area contributed by atoms with Crippen LogP contribution in [0.25, 0.3) is 0 Å². The molecular formula is C12H17N3O2S. The average Bonchev–Trinajstić information content (AvgIpc) is 3.18. The molecule has 3 rings (SSSR count). The average molecular weight is 267 g/mol. The summed E-state index contributed by atoms with van der Waals surface area (Å²) in [6, 6.07) is 3.13. The van der Waals surface area contributed by atoms with E-state index in [-0.39, 0.29) is 10.9 Å². The van der Waals surface area contributed by atoms with Crippen molar-refractivity contribution in [3.8, 4) is 0 Å². The molecule has 18 heavy (non-hydrogen) atoms. The minimum atomic E-state index is -3.45. The highest BCUT2D eigenvalue weighted by atomic mass is 32.2. The molecule has 2 aliphatic carbocycles. The van der Waals surface area contributed by atoms with Gasteiger partial charge >= 0.3 is 0 Å². The van der Waals surface area contributed by atoms with E-state index in [1.807, 2.05) is 0 Å². The van der Waals surface area contributed by atoms with Crippen molar-refractivity contribution in [3.63, 3.8) is 0 Å². The molecule has 0 saturated heterocycles. The molecule has 0 bridgehead atoms. The van der Waals surface area contributed by atoms with Crippen molar-refractivity contribution in [1.82, 2.24) is 9.71 Å². The van der Waals surface area contributed by atoms with Crippen LogP contribution in [0.15, 0.2) is 23.2 Å². The van der Waals surface area contributed by atoms with Gasteiger partial charge in [-0.1, -0.05) is 0 Å². The van der Waals surface area contributed by atoms with Gasteiger partial charge in [-0.3, -0.25) is 0 Å². The Morgan fingerprint density at radius 1 is 1.22 bits per heavy atom. The lowest BCUT2D eigenvalue weighted by Gasteiger charge is -2.17. The number of nitrogens with one attached hydrogen (secondary N) is 1. The standard InChI is InChI=1S/C12H17N3O2S/c13-11-6-5-10(7-14-11)18(16,17)15-12(8-1-2-8)9-3-4-9/h5-9,12,15H,1-4H2,(H2,13,14). The second-order valence-corrected chi connectivity index (χ2v) is 6.95. The molecule has 0 unspecified atom stereocenters. The van der Waals surface area contributed by atoms with Gasteiger partial charge < -0.3 is 5.73 Å². The monoisotopic (exact) mass is 267 g/mol. The van der Waals surface area contributed by atoms with Crippen LogP contribution in [0.4, 0.5) is 5.82 Å². The van der Waals surface area contributed by atoms with E-state index in [1.54, 1.807) is 0 Å². The fourth-order valence-corrected chi connectivity index (χ4v) is 3.60. The molecule has 1 heterocycles. The third kappa shape index (κ3) is 2.49. The van der Waals surface area contributed by atoms with Crippen molar-refractivity contribution in [2.75, 3.05) is 5.73 Å². The Balaban J connectivity index is 1.78. The number of nitrogens with zero attached hydrogens (tertiary/aromatic N) is 1. The van der Waals surface area contributed by atoms with Crippen LogP contribution < -0.4 is 10.5 Å². The minimum Gasteiger partial charge on any atom is -0.384 e. The number of aromatic nitrogens is 1. The van der Waals surface area contributed by atoms with Crippen LogP contribution >= 0.6 is 0 Å². The lowest BCUT2D eigenvalue weighted by molar-refractivity contribution is 0.471. The summed E-state index contributed by atoms with van der Waals surface area (Å²) in [5.74, 6) is 1.40. The van der Waals surface area contributed by atoms with Crippen LogP contribution in [0.3, 0.4) is 0 Å². The molecule has 98 valence electrons. The number of nitrogens with two attached hydrogens (primary N) is 1. The Bertz CT molecular complexity index is 521. The maximum atomic E-state index is 12.2. The highest BCUT2D eigenvalue weighted by Crippen LogP contribution is 2.45. The van der Waals surface area contributed by atoms with E-state index in [1.165, 1.54) is 18.3 Å². The fourth-order valence-electron chi connectivity index (χ4n) is 2.29. The van der Waals surface area contributed by atoms with Crippen LogP contribution in [0.5, 0.6) is 0 Å². The number of anilines is 1. The number of rotatable bonds is 5. The number of nitrogen functional groups attached to an aromatic ring is 1. The molecule has 0 amide bonds. The van der Waals surface area contributed by atoms with Crippen molar-refractivity contribution in [2.24, 2.45) is 11.8 Å². The minimum absolute atomic E-state index is 0.118. The summed E-state index contributed by atoms with van der Waals surface area (Å²) < 4.78 is 27.3. The van der Waals surface area contributed by atoms with Crippen LogP contribution in [0.2, 0.25) is 0 Å². The van der Waals surface area contributed by atoms with E-state index in [9.17, 15) is 8.42 Å². The summed E-state index contributed by atoms with van der Waals surface area (Å²) in [6.07, 6.45) is 5.88. The maximum Gasteiger partial charge on any atom is 0.242 e. The van der Waals surface area contributed by atoms with Gasteiger partial charge in [0.1, 0.15) is 10.7 Å². The predicted molar refractivity (Wildman–Crippen MR) is 68.2 cm³/mol. The van der Waals surface area contributed by atoms with Gasteiger partial charge in [0.25, 0.3) is 0 Å². The molecule has 0 spiro atoms. The highest BCUT2D eigenvalue weighted by molar-refractivity contribution is 7.89. The Hall–Kier alpha value is -1.14. The number of hydrogen-bond donors (Lipinski definition) is 2. The smallest absolute Gasteiger partial charge is 0.242 e. The molecule has 1 aromatic rings. The number of pyridine rings is 1. The first-order chi connectivity index (χ1) is 8.56. The van der Waals surface area contributed by atoms with Crippen LogP contribution in [-0.2, 0) is 10.0 Å². The Morgan fingerprint density at radius 2 is 1.83 bits per heavy atom. The molecule has 2 aliphatic rings. The first-order valence-corrected chi connectivity index (χ1v) is 7.78. The fraction of sp³-hybridized carbons (Fsp3) is 0.583. The van der Waals surface area contributed by atoms with Gasteiger partial charge in [-0.05, 0) is 49.7 Å². The number of hydrogen-bond acceptors (Lipinski definition) is 4. The number of sulfonamides is 1. The quantitative estimate of drug-likeness (QED) is 0.837. The van der Waals surface area contributed by atoms with Crippen molar-refractivity contribution >= 4 is 15.8 Å². The summed E-state index contributed by atoms with van der Waals surface area (Å²) >= 11 is 0. The third-order valence-electron chi connectivity index (χ3n) is 3.62. The van der Waals surface area contributed by atoms with E-state index >= 15 is 0 Å². The Morgan fingerprint density at radius 3 is 2.28 bits per heavy atom. The first-order valence-electron chi connectivity index (χ1n) is 6.30. The zero-order valence-electron chi connectivity index (χ0n) is 10.0. The predicted octanol–water partition coefficient (Wildman–Crippen LogP) is 1.13. The van der Waals surface area contributed by atoms with Gasteiger partial charge in [0, 0.05) is 12.2 Å². The lowest BCUT2D eigenvalue weighted by atomic mass is 10.1. The lowest BCUT2D eigenvalue weighted by Crippen LogP contribution is -2.38. The van der Waals surface area contributed by atoms with E-state index in [0.717, 1.165) is 25.7 Å². The normalized spacial score (nSPS) is 20.3. The summed E-state index contributed by atoms with van der Waals surface area (Å²) in [5.41, 5.74) is 5.46. The summed E-state index contributed by atoms with van der Waals surface area (Å²) in [6.45, 7) is 0. The van der Waals surface area contributed by atoms with Gasteiger partial charge in [0.15, 0.2) is 0 Å². The van der Waals surface area contributed by atoms with Crippen molar-refractivity contribution < 1.29 is 8.42 Å². The van der Waals surface area contributed by atoms with E-state index in [0.29, 0.717) is 17.7 Å².